The Balaban J connectivity index is 3.01. The van der Waals surface area contributed by atoms with Crippen LogP contribution in [-0.2, 0) is 9.53 Å². The summed E-state index contributed by atoms with van der Waals surface area (Å²) in [6, 6.07) is 5.54. The van der Waals surface area contributed by atoms with Crippen molar-refractivity contribution in [2.24, 2.45) is 0 Å². The molecule has 1 N–H and O–H groups in total. The number of ether oxygens (including phenoxy) is 2. The van der Waals surface area contributed by atoms with Crippen LogP contribution in [0.25, 0.3) is 0 Å². The van der Waals surface area contributed by atoms with Crippen molar-refractivity contribution in [3.63, 3.8) is 0 Å². The molecule has 0 fully saturated rings. The van der Waals surface area contributed by atoms with Crippen molar-refractivity contribution in [1.82, 2.24) is 0 Å². The van der Waals surface area contributed by atoms with E-state index < -0.39 is 5.54 Å². The molecule has 0 saturated heterocycles. The van der Waals surface area contributed by atoms with Gasteiger partial charge in [-0.25, -0.2) is 4.79 Å². The minimum Gasteiger partial charge on any atom is -0.495 e. The fourth-order valence-electron chi connectivity index (χ4n) is 1.42. The molecule has 94 valence electrons. The number of carbonyl (C=O) groups excluding carboxylic acids is 1. The van der Waals surface area contributed by atoms with Gasteiger partial charge >= 0.3 is 5.97 Å². The number of esters is 1. The number of nitrogens with one attached hydrogen (secondary N) is 1. The van der Waals surface area contributed by atoms with E-state index in [1.807, 2.05) is 18.2 Å². The van der Waals surface area contributed by atoms with Crippen LogP contribution in [0, 0.1) is 0 Å². The van der Waals surface area contributed by atoms with Gasteiger partial charge in [0.2, 0.25) is 0 Å². The second-order valence-corrected chi connectivity index (χ2v) is 5.00. The highest BCUT2D eigenvalue weighted by Gasteiger charge is 2.29. The highest BCUT2D eigenvalue weighted by molar-refractivity contribution is 9.10. The van der Waals surface area contributed by atoms with Crippen molar-refractivity contribution in [3.8, 4) is 5.75 Å². The molecule has 5 heteroatoms. The molecule has 0 spiro atoms. The van der Waals surface area contributed by atoms with E-state index in [1.54, 1.807) is 21.0 Å². The third-order valence-electron chi connectivity index (χ3n) is 2.30. The number of hydrogen-bond acceptors (Lipinski definition) is 4. The maximum atomic E-state index is 11.6. The Labute approximate surface area is 109 Å². The van der Waals surface area contributed by atoms with Crippen molar-refractivity contribution in [2.75, 3.05) is 19.5 Å². The van der Waals surface area contributed by atoms with Gasteiger partial charge in [-0.1, -0.05) is 15.9 Å². The topological polar surface area (TPSA) is 47.6 Å². The van der Waals surface area contributed by atoms with Crippen LogP contribution in [0.15, 0.2) is 22.7 Å². The van der Waals surface area contributed by atoms with Crippen LogP contribution >= 0.6 is 15.9 Å². The Morgan fingerprint density at radius 3 is 2.53 bits per heavy atom. The molecule has 0 aliphatic rings. The van der Waals surface area contributed by atoms with Gasteiger partial charge in [0.05, 0.1) is 19.9 Å². The molecule has 0 aromatic heterocycles. The second-order valence-electron chi connectivity index (χ2n) is 4.09. The van der Waals surface area contributed by atoms with E-state index >= 15 is 0 Å². The summed E-state index contributed by atoms with van der Waals surface area (Å²) in [4.78, 5) is 11.6. The van der Waals surface area contributed by atoms with Crippen LogP contribution in [0.4, 0.5) is 5.69 Å². The number of carbonyl (C=O) groups is 1. The molecular formula is C12H16BrNO3. The number of methoxy groups -OCH3 is 2. The standard InChI is InChI=1S/C12H16BrNO3/c1-12(2,11(15)17-4)14-9-7-8(13)5-6-10(9)16-3/h5-7,14H,1-4H3. The van der Waals surface area contributed by atoms with Crippen LogP contribution in [0.2, 0.25) is 0 Å². The number of anilines is 1. The van der Waals surface area contributed by atoms with E-state index in [1.165, 1.54) is 7.11 Å². The predicted molar refractivity (Wildman–Crippen MR) is 70.4 cm³/mol. The normalized spacial score (nSPS) is 10.9. The van der Waals surface area contributed by atoms with E-state index in [-0.39, 0.29) is 5.97 Å². The fraction of sp³-hybridized carbons (Fsp3) is 0.417. The van der Waals surface area contributed by atoms with Crippen LogP contribution in [-0.4, -0.2) is 25.7 Å². The van der Waals surface area contributed by atoms with Gasteiger partial charge in [0.15, 0.2) is 0 Å². The van der Waals surface area contributed by atoms with Crippen LogP contribution < -0.4 is 10.1 Å². The summed E-state index contributed by atoms with van der Waals surface area (Å²) >= 11 is 3.38. The summed E-state index contributed by atoms with van der Waals surface area (Å²) in [7, 11) is 2.95. The van der Waals surface area contributed by atoms with E-state index in [9.17, 15) is 4.79 Å². The summed E-state index contributed by atoms with van der Waals surface area (Å²) in [6.07, 6.45) is 0. The van der Waals surface area contributed by atoms with Crippen LogP contribution in [0.1, 0.15) is 13.8 Å². The molecule has 0 aliphatic carbocycles. The van der Waals surface area contributed by atoms with Gasteiger partial charge < -0.3 is 14.8 Å². The molecular weight excluding hydrogens is 286 g/mol. The lowest BCUT2D eigenvalue weighted by molar-refractivity contribution is -0.144. The Hall–Kier alpha value is -1.23. The minimum atomic E-state index is -0.817. The molecule has 0 bridgehead atoms. The molecule has 0 unspecified atom stereocenters. The molecule has 0 amide bonds. The molecule has 0 radical (unpaired) electrons. The van der Waals surface area contributed by atoms with Gasteiger partial charge in [0.25, 0.3) is 0 Å². The first-order chi connectivity index (χ1) is 7.90. The molecule has 17 heavy (non-hydrogen) atoms. The maximum absolute atomic E-state index is 11.6. The summed E-state index contributed by atoms with van der Waals surface area (Å²) in [5.41, 5.74) is -0.0831. The van der Waals surface area contributed by atoms with Gasteiger partial charge in [0, 0.05) is 4.47 Å². The smallest absolute Gasteiger partial charge is 0.330 e. The van der Waals surface area contributed by atoms with Crippen LogP contribution in [0.5, 0.6) is 5.75 Å². The lowest BCUT2D eigenvalue weighted by Crippen LogP contribution is -2.41. The zero-order valence-corrected chi connectivity index (χ0v) is 11.9. The summed E-state index contributed by atoms with van der Waals surface area (Å²) in [5.74, 6) is 0.338. The van der Waals surface area contributed by atoms with Gasteiger partial charge in [-0.3, -0.25) is 0 Å². The Morgan fingerprint density at radius 2 is 2.00 bits per heavy atom. The lowest BCUT2D eigenvalue weighted by Gasteiger charge is -2.25. The largest absolute Gasteiger partial charge is 0.495 e. The van der Waals surface area contributed by atoms with Gasteiger partial charge in [0.1, 0.15) is 11.3 Å². The summed E-state index contributed by atoms with van der Waals surface area (Å²) in [5, 5.41) is 3.10. The maximum Gasteiger partial charge on any atom is 0.330 e. The van der Waals surface area contributed by atoms with Crippen LogP contribution in [0.3, 0.4) is 0 Å². The minimum absolute atomic E-state index is 0.334. The first kappa shape index (κ1) is 13.8. The molecule has 4 nitrogen and oxygen atoms in total. The quantitative estimate of drug-likeness (QED) is 0.869. The Morgan fingerprint density at radius 1 is 1.35 bits per heavy atom. The van der Waals surface area contributed by atoms with E-state index in [4.69, 9.17) is 9.47 Å². The second kappa shape index (κ2) is 5.40. The van der Waals surface area contributed by atoms with E-state index in [0.29, 0.717) is 5.75 Å². The molecule has 0 aliphatic heterocycles. The first-order valence-electron chi connectivity index (χ1n) is 5.11. The number of hydrogen-bond donors (Lipinski definition) is 1. The van der Waals surface area contributed by atoms with Crippen molar-refractivity contribution >= 4 is 27.6 Å². The third kappa shape index (κ3) is 3.36. The molecule has 0 atom stereocenters. The summed E-state index contributed by atoms with van der Waals surface area (Å²) in [6.45, 7) is 3.50. The number of halogens is 1. The number of rotatable bonds is 4. The summed E-state index contributed by atoms with van der Waals surface area (Å²) < 4.78 is 10.9. The molecule has 1 aromatic carbocycles. The van der Waals surface area contributed by atoms with E-state index in [0.717, 1.165) is 10.2 Å². The van der Waals surface area contributed by atoms with Crippen molar-refractivity contribution < 1.29 is 14.3 Å². The molecule has 1 rings (SSSR count). The Kier molecular flexibility index (Phi) is 4.40. The third-order valence-corrected chi connectivity index (χ3v) is 2.80. The SMILES string of the molecule is COC(=O)C(C)(C)Nc1cc(Br)ccc1OC. The highest BCUT2D eigenvalue weighted by Crippen LogP contribution is 2.30. The van der Waals surface area contributed by atoms with Crippen molar-refractivity contribution in [2.45, 2.75) is 19.4 Å². The zero-order valence-electron chi connectivity index (χ0n) is 10.3. The number of benzene rings is 1. The molecule has 0 heterocycles. The monoisotopic (exact) mass is 301 g/mol. The lowest BCUT2D eigenvalue weighted by atomic mass is 10.1. The average Bonchev–Trinajstić information content (AvgIpc) is 2.27. The Bertz CT molecular complexity index is 418. The zero-order chi connectivity index (χ0) is 13.1. The predicted octanol–water partition coefficient (Wildman–Crippen LogP) is 2.82. The van der Waals surface area contributed by atoms with Gasteiger partial charge in [-0.15, -0.1) is 0 Å². The van der Waals surface area contributed by atoms with E-state index in [2.05, 4.69) is 21.2 Å². The molecule has 0 saturated carbocycles. The highest BCUT2D eigenvalue weighted by atomic mass is 79.9. The fourth-order valence-corrected chi connectivity index (χ4v) is 1.78. The first-order valence-corrected chi connectivity index (χ1v) is 5.90. The average molecular weight is 302 g/mol. The van der Waals surface area contributed by atoms with Crippen molar-refractivity contribution in [3.05, 3.63) is 22.7 Å². The van der Waals surface area contributed by atoms with Gasteiger partial charge in [-0.2, -0.15) is 0 Å². The van der Waals surface area contributed by atoms with Gasteiger partial charge in [-0.05, 0) is 32.0 Å². The molecule has 1 aromatic rings. The van der Waals surface area contributed by atoms with Crippen molar-refractivity contribution in [1.29, 1.82) is 0 Å².